The van der Waals surface area contributed by atoms with Gasteiger partial charge in [0.05, 0.1) is 6.54 Å². The highest BCUT2D eigenvalue weighted by atomic mass is 16.5. The Labute approximate surface area is 65.3 Å². The molecule has 1 aliphatic heterocycles. The molecule has 0 unspecified atom stereocenters. The summed E-state index contributed by atoms with van der Waals surface area (Å²) in [6.45, 7) is 0.590. The van der Waals surface area contributed by atoms with Crippen LogP contribution in [0.4, 0.5) is 0 Å². The molecule has 0 amide bonds. The molecular weight excluding hydrogens is 138 g/mol. The zero-order chi connectivity index (χ0) is 7.68. The van der Waals surface area contributed by atoms with Crippen molar-refractivity contribution < 1.29 is 5.21 Å². The van der Waals surface area contributed by atoms with Crippen LogP contribution in [-0.2, 0) is 6.54 Å². The highest BCUT2D eigenvalue weighted by molar-refractivity contribution is 5.55. The average Bonchev–Trinajstić information content (AvgIpc) is 2.04. The average molecular weight is 147 g/mol. The molecule has 0 radical (unpaired) electrons. The number of hydroxylamine groups is 2. The smallest absolute Gasteiger partial charge is 0.0702 e. The summed E-state index contributed by atoms with van der Waals surface area (Å²) in [5.41, 5.74) is 2.36. The molecule has 0 bridgehead atoms. The van der Waals surface area contributed by atoms with E-state index in [0.29, 0.717) is 6.54 Å². The van der Waals surface area contributed by atoms with Gasteiger partial charge < -0.3 is 0 Å². The molecule has 2 heteroatoms. The van der Waals surface area contributed by atoms with E-state index in [4.69, 9.17) is 5.21 Å². The first-order valence-corrected chi connectivity index (χ1v) is 3.58. The number of benzene rings is 1. The van der Waals surface area contributed by atoms with Gasteiger partial charge in [-0.3, -0.25) is 10.3 Å². The van der Waals surface area contributed by atoms with Crippen molar-refractivity contribution in [1.29, 1.82) is 0 Å². The predicted octanol–water partition coefficient (Wildman–Crippen LogP) is 1.86. The van der Waals surface area contributed by atoms with Gasteiger partial charge in [-0.2, -0.15) is 0 Å². The van der Waals surface area contributed by atoms with Crippen molar-refractivity contribution in [2.24, 2.45) is 0 Å². The van der Waals surface area contributed by atoms with Crippen molar-refractivity contribution in [1.82, 2.24) is 5.06 Å². The van der Waals surface area contributed by atoms with Crippen LogP contribution in [0.5, 0.6) is 0 Å². The molecule has 0 saturated heterocycles. The van der Waals surface area contributed by atoms with Gasteiger partial charge in [-0.25, -0.2) is 0 Å². The number of fused-ring (bicyclic) bond motifs is 1. The molecule has 0 saturated carbocycles. The lowest BCUT2D eigenvalue weighted by molar-refractivity contribution is -0.0494. The maximum absolute atomic E-state index is 9.10. The zero-order valence-electron chi connectivity index (χ0n) is 6.07. The highest BCUT2D eigenvalue weighted by Gasteiger charge is 2.05. The van der Waals surface area contributed by atoms with Crippen molar-refractivity contribution in [2.75, 3.05) is 0 Å². The molecule has 2 nitrogen and oxygen atoms in total. The Morgan fingerprint density at radius 3 is 3.00 bits per heavy atom. The maximum atomic E-state index is 9.10. The molecule has 11 heavy (non-hydrogen) atoms. The van der Waals surface area contributed by atoms with Gasteiger partial charge in [0.2, 0.25) is 0 Å². The van der Waals surface area contributed by atoms with Crippen LogP contribution in [0.3, 0.4) is 0 Å². The molecule has 1 aromatic carbocycles. The number of rotatable bonds is 0. The first-order chi connectivity index (χ1) is 5.36. The van der Waals surface area contributed by atoms with Crippen molar-refractivity contribution >= 4 is 6.08 Å². The second-order valence-corrected chi connectivity index (χ2v) is 2.61. The Bertz CT molecular complexity index is 293. The van der Waals surface area contributed by atoms with Crippen LogP contribution in [0.25, 0.3) is 6.08 Å². The SMILES string of the molecule is ON1C=Cc2ccccc2C1. The monoisotopic (exact) mass is 147 g/mol. The van der Waals surface area contributed by atoms with Crippen LogP contribution in [0.2, 0.25) is 0 Å². The second kappa shape index (κ2) is 2.40. The van der Waals surface area contributed by atoms with Gasteiger partial charge in [-0.15, -0.1) is 0 Å². The predicted molar refractivity (Wildman–Crippen MR) is 42.8 cm³/mol. The maximum Gasteiger partial charge on any atom is 0.0702 e. The lowest BCUT2D eigenvalue weighted by atomic mass is 10.1. The van der Waals surface area contributed by atoms with Gasteiger partial charge in [0.15, 0.2) is 0 Å². The molecule has 1 aliphatic rings. The van der Waals surface area contributed by atoms with Crippen molar-refractivity contribution in [3.8, 4) is 0 Å². The Balaban J connectivity index is 2.46. The van der Waals surface area contributed by atoms with Crippen LogP contribution in [0.1, 0.15) is 11.1 Å². The third kappa shape index (κ3) is 1.12. The molecule has 0 atom stereocenters. The van der Waals surface area contributed by atoms with Gasteiger partial charge in [0.25, 0.3) is 0 Å². The van der Waals surface area contributed by atoms with Crippen LogP contribution < -0.4 is 0 Å². The van der Waals surface area contributed by atoms with Gasteiger partial charge in [0, 0.05) is 6.20 Å². The summed E-state index contributed by atoms with van der Waals surface area (Å²) in [7, 11) is 0. The fourth-order valence-corrected chi connectivity index (χ4v) is 1.23. The summed E-state index contributed by atoms with van der Waals surface area (Å²) >= 11 is 0. The number of hydrogen-bond donors (Lipinski definition) is 1. The molecule has 2 rings (SSSR count). The summed E-state index contributed by atoms with van der Waals surface area (Å²) in [5.74, 6) is 0. The van der Waals surface area contributed by atoms with Gasteiger partial charge in [-0.1, -0.05) is 24.3 Å². The fraction of sp³-hybridized carbons (Fsp3) is 0.111. The first kappa shape index (κ1) is 6.43. The standard InChI is InChI=1S/C9H9NO/c11-10-6-5-8-3-1-2-4-9(8)7-10/h1-6,11H,7H2. The van der Waals surface area contributed by atoms with Crippen LogP contribution in [0, 0.1) is 0 Å². The van der Waals surface area contributed by atoms with E-state index in [1.54, 1.807) is 6.20 Å². The molecular formula is C9H9NO. The molecule has 1 N–H and O–H groups in total. The van der Waals surface area contributed by atoms with Gasteiger partial charge >= 0.3 is 0 Å². The van der Waals surface area contributed by atoms with E-state index in [0.717, 1.165) is 5.56 Å². The Kier molecular flexibility index (Phi) is 1.40. The van der Waals surface area contributed by atoms with E-state index >= 15 is 0 Å². The number of hydrogen-bond acceptors (Lipinski definition) is 2. The third-order valence-corrected chi connectivity index (χ3v) is 1.81. The summed E-state index contributed by atoms with van der Waals surface area (Å²) in [4.78, 5) is 0. The molecule has 1 aromatic rings. The minimum Gasteiger partial charge on any atom is -0.289 e. The van der Waals surface area contributed by atoms with Crippen LogP contribution >= 0.6 is 0 Å². The molecule has 1 heterocycles. The van der Waals surface area contributed by atoms with E-state index in [1.807, 2.05) is 30.3 Å². The van der Waals surface area contributed by atoms with E-state index < -0.39 is 0 Å². The van der Waals surface area contributed by atoms with E-state index in [1.165, 1.54) is 10.6 Å². The van der Waals surface area contributed by atoms with E-state index in [-0.39, 0.29) is 0 Å². The highest BCUT2D eigenvalue weighted by Crippen LogP contribution is 2.17. The van der Waals surface area contributed by atoms with Gasteiger partial charge in [0.1, 0.15) is 0 Å². The molecule has 56 valence electrons. The van der Waals surface area contributed by atoms with Crippen LogP contribution in [0.15, 0.2) is 30.5 Å². The second-order valence-electron chi connectivity index (χ2n) is 2.61. The normalized spacial score (nSPS) is 14.8. The minimum atomic E-state index is 0.590. The summed E-state index contributed by atoms with van der Waals surface area (Å²) in [6.07, 6.45) is 3.57. The largest absolute Gasteiger partial charge is 0.289 e. The fourth-order valence-electron chi connectivity index (χ4n) is 1.23. The summed E-state index contributed by atoms with van der Waals surface area (Å²) in [5, 5.41) is 10.3. The molecule has 0 fully saturated rings. The van der Waals surface area contributed by atoms with Crippen LogP contribution in [-0.4, -0.2) is 10.3 Å². The first-order valence-electron chi connectivity index (χ1n) is 3.58. The topological polar surface area (TPSA) is 23.5 Å². The quantitative estimate of drug-likeness (QED) is 0.605. The Hall–Kier alpha value is -1.28. The zero-order valence-corrected chi connectivity index (χ0v) is 6.07. The Morgan fingerprint density at radius 2 is 2.09 bits per heavy atom. The van der Waals surface area contributed by atoms with Crippen molar-refractivity contribution in [2.45, 2.75) is 6.54 Å². The summed E-state index contributed by atoms with van der Waals surface area (Å²) < 4.78 is 0. The van der Waals surface area contributed by atoms with E-state index in [9.17, 15) is 0 Å². The van der Waals surface area contributed by atoms with Crippen molar-refractivity contribution in [3.63, 3.8) is 0 Å². The molecule has 0 aliphatic carbocycles. The molecule has 0 spiro atoms. The lowest BCUT2D eigenvalue weighted by Crippen LogP contribution is -2.14. The molecule has 0 aromatic heterocycles. The summed E-state index contributed by atoms with van der Waals surface area (Å²) in [6, 6.07) is 8.03. The third-order valence-electron chi connectivity index (χ3n) is 1.81. The van der Waals surface area contributed by atoms with Gasteiger partial charge in [-0.05, 0) is 17.2 Å². The van der Waals surface area contributed by atoms with E-state index in [2.05, 4.69) is 0 Å². The lowest BCUT2D eigenvalue weighted by Gasteiger charge is -2.18. The van der Waals surface area contributed by atoms with Crippen molar-refractivity contribution in [3.05, 3.63) is 41.6 Å². The minimum absolute atomic E-state index is 0.590. The Morgan fingerprint density at radius 1 is 1.27 bits per heavy atom. The number of nitrogens with zero attached hydrogens (tertiary/aromatic N) is 1.